The zero-order valence-electron chi connectivity index (χ0n) is 40.1. The molecule has 10 atom stereocenters. The first-order valence-corrected chi connectivity index (χ1v) is 23.4. The van der Waals surface area contributed by atoms with Crippen molar-refractivity contribution in [3.63, 3.8) is 0 Å². The van der Waals surface area contributed by atoms with Crippen LogP contribution >= 0.6 is 0 Å². The number of nitrogens with one attached hydrogen (secondary N) is 6. The maximum absolute atomic E-state index is 14.2. The second-order valence-corrected chi connectivity index (χ2v) is 18.2. The van der Waals surface area contributed by atoms with E-state index in [1.165, 1.54) is 14.7 Å². The van der Waals surface area contributed by atoms with Crippen molar-refractivity contribution in [2.45, 2.75) is 152 Å². The van der Waals surface area contributed by atoms with Crippen LogP contribution in [0.5, 0.6) is 0 Å². The Labute approximate surface area is 412 Å². The van der Waals surface area contributed by atoms with Gasteiger partial charge in [-0.3, -0.25) is 62.3 Å². The number of aliphatic carboxylic acids is 4. The molecular weight excluding hydrogens is 961 g/mol. The number of carboxylic acid groups (broad SMARTS) is 4. The van der Waals surface area contributed by atoms with Gasteiger partial charge in [-0.2, -0.15) is 0 Å². The van der Waals surface area contributed by atoms with Gasteiger partial charge in [-0.25, -0.2) is 0 Å². The maximum Gasteiger partial charge on any atom is 0.325 e. The van der Waals surface area contributed by atoms with E-state index in [-0.39, 0.29) is 51.2 Å². The van der Waals surface area contributed by atoms with Gasteiger partial charge in [0.15, 0.2) is 0 Å². The molecule has 3 heterocycles. The molecule has 0 bridgehead atoms. The molecule has 0 aliphatic carbocycles. The van der Waals surface area contributed by atoms with Crippen LogP contribution in [0.15, 0.2) is 0 Å². The lowest BCUT2D eigenvalue weighted by Gasteiger charge is -2.33. The highest BCUT2D eigenvalue weighted by Gasteiger charge is 2.45. The van der Waals surface area contributed by atoms with E-state index < -0.39 is 176 Å². The van der Waals surface area contributed by atoms with E-state index in [1.807, 2.05) is 10.6 Å². The van der Waals surface area contributed by atoms with Crippen LogP contribution in [-0.4, -0.2) is 216 Å². The molecule has 29 heteroatoms. The molecule has 14 N–H and O–H groups in total. The summed E-state index contributed by atoms with van der Waals surface area (Å²) in [5.41, 5.74) is 5.68. The lowest BCUT2D eigenvalue weighted by Crippen LogP contribution is -2.60. The molecule has 0 radical (unpaired) electrons. The predicted molar refractivity (Wildman–Crippen MR) is 242 cm³/mol. The number of aliphatic hydroxyl groups is 2. The fourth-order valence-electron chi connectivity index (χ4n) is 8.50. The van der Waals surface area contributed by atoms with Crippen molar-refractivity contribution in [3.05, 3.63) is 0 Å². The van der Waals surface area contributed by atoms with Gasteiger partial charge in [0, 0.05) is 26.1 Å². The second-order valence-electron chi connectivity index (χ2n) is 18.2. The number of hydrogen-bond acceptors (Lipinski definition) is 16. The topological polar surface area (TPSA) is 451 Å². The predicted octanol–water partition coefficient (Wildman–Crippen LogP) is -5.86. The van der Waals surface area contributed by atoms with Crippen LogP contribution in [0, 0.1) is 5.92 Å². The first-order valence-electron chi connectivity index (χ1n) is 23.4. The van der Waals surface area contributed by atoms with Crippen molar-refractivity contribution < 1.29 is 93.0 Å². The van der Waals surface area contributed by atoms with Crippen molar-refractivity contribution >= 4 is 77.0 Å². The quantitative estimate of drug-likeness (QED) is 0.0364. The maximum atomic E-state index is 14.2. The van der Waals surface area contributed by atoms with E-state index in [0.717, 1.165) is 6.92 Å². The molecule has 3 rings (SSSR count). The Bertz CT molecular complexity index is 2070. The van der Waals surface area contributed by atoms with Gasteiger partial charge in [0.1, 0.15) is 60.4 Å². The highest BCUT2D eigenvalue weighted by atomic mass is 16.4. The summed E-state index contributed by atoms with van der Waals surface area (Å²) < 4.78 is 0. The van der Waals surface area contributed by atoms with Crippen LogP contribution in [0.1, 0.15) is 91.4 Å². The first-order chi connectivity index (χ1) is 33.8. The molecule has 0 aromatic rings. The Balaban J connectivity index is 1.78. The summed E-state index contributed by atoms with van der Waals surface area (Å²) in [4.78, 5) is 172. The molecule has 3 aliphatic rings. The fourth-order valence-corrected chi connectivity index (χ4v) is 8.50. The number of hydrogen-bond donors (Lipinski definition) is 13. The van der Waals surface area contributed by atoms with Crippen molar-refractivity contribution in [2.75, 3.05) is 32.8 Å². The Morgan fingerprint density at radius 1 is 0.514 bits per heavy atom. The summed E-state index contributed by atoms with van der Waals surface area (Å²) in [7, 11) is 0. The molecule has 402 valence electrons. The van der Waals surface area contributed by atoms with Crippen LogP contribution < -0.4 is 37.6 Å². The Morgan fingerprint density at radius 3 is 1.42 bits per heavy atom. The minimum absolute atomic E-state index is 0.0503. The lowest BCUT2D eigenvalue weighted by atomic mass is 10.0. The number of likely N-dealkylation sites (tertiary alicyclic amines) is 3. The monoisotopic (exact) mass is 1030 g/mol. The molecule has 0 spiro atoms. The average Bonchev–Trinajstić information content (AvgIpc) is 4.12. The van der Waals surface area contributed by atoms with E-state index in [1.54, 1.807) is 13.8 Å². The summed E-state index contributed by atoms with van der Waals surface area (Å²) in [5.74, 6) is -15.3. The van der Waals surface area contributed by atoms with Crippen molar-refractivity contribution in [1.29, 1.82) is 0 Å². The third kappa shape index (κ3) is 16.8. The molecule has 3 saturated heterocycles. The van der Waals surface area contributed by atoms with Crippen LogP contribution in [-0.2, 0) is 62.3 Å². The van der Waals surface area contributed by atoms with Gasteiger partial charge in [0.25, 0.3) is 0 Å². The van der Waals surface area contributed by atoms with Crippen molar-refractivity contribution in [3.8, 4) is 0 Å². The highest BCUT2D eigenvalue weighted by molar-refractivity contribution is 6.00. The Hall–Kier alpha value is -7.01. The Morgan fingerprint density at radius 2 is 0.944 bits per heavy atom. The number of carboxylic acids is 4. The van der Waals surface area contributed by atoms with Crippen LogP contribution in [0.2, 0.25) is 0 Å². The van der Waals surface area contributed by atoms with E-state index in [4.69, 9.17) is 10.8 Å². The summed E-state index contributed by atoms with van der Waals surface area (Å²) in [6.45, 7) is 3.15. The number of carbonyl (C=O) groups is 13. The van der Waals surface area contributed by atoms with Crippen LogP contribution in [0.25, 0.3) is 0 Å². The zero-order chi connectivity index (χ0) is 54.1. The molecular formula is C43H66N10O19. The third-order valence-electron chi connectivity index (χ3n) is 12.2. The third-order valence-corrected chi connectivity index (χ3v) is 12.2. The number of nitrogens with zero attached hydrogens (tertiary/aromatic N) is 3. The van der Waals surface area contributed by atoms with Gasteiger partial charge in [-0.05, 0) is 64.2 Å². The van der Waals surface area contributed by atoms with Gasteiger partial charge in [-0.15, -0.1) is 0 Å². The molecule has 0 aromatic heterocycles. The standard InChI is InChI=1S/C43H66N10O19/c1-20(2)15-24(36(64)48-26(17-33(60)61)37(65)46-23(10-11-31(56)57)34(62)47-25(16-32(58)59)35(63)45-21(3)43(71)72)49-38(66)29-8-5-13-52(29)42(70)30-9-6-14-53(30)41(69)27(19-55)50-39(67)28-7-4-12-51(28)40(68)22(44)18-54/h20-30,54-55H,4-19,44H2,1-3H3,(H,45,63)(H,46,65)(H,47,62)(H,48,64)(H,49,66)(H,50,67)(H,56,57)(H,58,59)(H,60,61)(H,71,72)/t21-,22-,23-,24-,25-,26-,27-,28-,29-,30-/m0/s1. The van der Waals surface area contributed by atoms with E-state index >= 15 is 0 Å². The summed E-state index contributed by atoms with van der Waals surface area (Å²) >= 11 is 0. The van der Waals surface area contributed by atoms with Crippen molar-refractivity contribution in [1.82, 2.24) is 46.6 Å². The summed E-state index contributed by atoms with van der Waals surface area (Å²) in [5, 5.41) is 70.5. The SMILES string of the molecule is CC(C)C[C@H](NC(=O)[C@@H]1CCCN1C(=O)[C@@H]1CCCN1C(=O)[C@H](CO)NC(=O)[C@@H]1CCCN1C(=O)[C@@H](N)CO)C(=O)N[C@@H](CC(=O)O)C(=O)N[C@@H](CCC(=O)O)C(=O)N[C@@H](CC(=O)O)C(=O)N[C@@H](C)C(=O)O. The normalized spacial score (nSPS) is 20.4. The van der Waals surface area contributed by atoms with Gasteiger partial charge in [0.2, 0.25) is 53.2 Å². The number of rotatable bonds is 27. The minimum atomic E-state index is -2.00. The second kappa shape index (κ2) is 27.6. The molecule has 72 heavy (non-hydrogen) atoms. The van der Waals surface area contributed by atoms with Crippen LogP contribution in [0.3, 0.4) is 0 Å². The average molecular weight is 1030 g/mol. The molecule has 9 amide bonds. The van der Waals surface area contributed by atoms with Crippen LogP contribution in [0.4, 0.5) is 0 Å². The largest absolute Gasteiger partial charge is 0.481 e. The molecule has 0 aromatic carbocycles. The van der Waals surface area contributed by atoms with E-state index in [2.05, 4.69) is 21.3 Å². The number of nitrogens with two attached hydrogens (primary N) is 1. The number of aliphatic hydroxyl groups excluding tert-OH is 2. The first kappa shape index (κ1) is 59.3. The highest BCUT2D eigenvalue weighted by Crippen LogP contribution is 2.26. The van der Waals surface area contributed by atoms with Gasteiger partial charge in [-0.1, -0.05) is 13.8 Å². The molecule has 3 fully saturated rings. The molecule has 3 aliphatic heterocycles. The molecule has 0 unspecified atom stereocenters. The van der Waals surface area contributed by atoms with Gasteiger partial charge >= 0.3 is 23.9 Å². The Kier molecular flexibility index (Phi) is 22.7. The molecule has 29 nitrogen and oxygen atoms in total. The van der Waals surface area contributed by atoms with E-state index in [0.29, 0.717) is 19.3 Å². The molecule has 0 saturated carbocycles. The summed E-state index contributed by atoms with van der Waals surface area (Å²) in [6.07, 6.45) is -2.23. The van der Waals surface area contributed by atoms with Gasteiger partial charge < -0.3 is 83.0 Å². The fraction of sp³-hybridized carbons (Fsp3) is 0.698. The van der Waals surface area contributed by atoms with E-state index in [9.17, 15) is 87.9 Å². The van der Waals surface area contributed by atoms with Crippen molar-refractivity contribution in [2.24, 2.45) is 11.7 Å². The lowest BCUT2D eigenvalue weighted by molar-refractivity contribution is -0.149. The minimum Gasteiger partial charge on any atom is -0.481 e. The number of carbonyl (C=O) groups excluding carboxylic acids is 9. The smallest absolute Gasteiger partial charge is 0.325 e. The van der Waals surface area contributed by atoms with Gasteiger partial charge in [0.05, 0.1) is 26.1 Å². The zero-order valence-corrected chi connectivity index (χ0v) is 40.1. The number of amides is 9. The summed E-state index contributed by atoms with van der Waals surface area (Å²) in [6, 6.07) is -15.0.